The summed E-state index contributed by atoms with van der Waals surface area (Å²) in [4.78, 5) is 44.3. The van der Waals surface area contributed by atoms with E-state index in [0.29, 0.717) is 9.19 Å². The molecule has 2 aromatic rings. The third-order valence-electron chi connectivity index (χ3n) is 2.49. The molecule has 0 fully saturated rings. The van der Waals surface area contributed by atoms with E-state index in [1.54, 1.807) is 0 Å². The molecule has 0 aliphatic heterocycles. The van der Waals surface area contributed by atoms with Gasteiger partial charge in [0.25, 0.3) is 0 Å². The average Bonchev–Trinajstić information content (AvgIpc) is 3.03. The van der Waals surface area contributed by atoms with Crippen LogP contribution in [0.3, 0.4) is 0 Å². The van der Waals surface area contributed by atoms with Crippen LogP contribution in [0.2, 0.25) is 0 Å². The maximum Gasteiger partial charge on any atom is 0.504 e. The lowest BCUT2D eigenvalue weighted by Gasteiger charge is -2.00. The number of aromatic nitrogens is 6. The molecule has 0 spiro atoms. The number of rotatable bonds is 6. The molecule has 2 rings (SSSR count). The van der Waals surface area contributed by atoms with Gasteiger partial charge < -0.3 is 40.5 Å². The van der Waals surface area contributed by atoms with Crippen molar-refractivity contribution in [3.63, 3.8) is 0 Å². The van der Waals surface area contributed by atoms with Crippen LogP contribution < -0.4 is 0 Å². The first-order chi connectivity index (χ1) is 10.7. The van der Waals surface area contributed by atoms with Crippen molar-refractivity contribution < 1.29 is 19.7 Å². The molecule has 23 heavy (non-hydrogen) atoms. The minimum Gasteiger partial charge on any atom is -0.390 e. The van der Waals surface area contributed by atoms with Gasteiger partial charge in [-0.15, -0.1) is 0 Å². The monoisotopic (exact) mass is 329 g/mol. The predicted molar refractivity (Wildman–Crippen MR) is 66.0 cm³/mol. The van der Waals surface area contributed by atoms with Crippen LogP contribution in [0.15, 0.2) is 0 Å². The first-order valence-corrected chi connectivity index (χ1v) is 5.44. The fourth-order valence-electron chi connectivity index (χ4n) is 1.65. The summed E-state index contributed by atoms with van der Waals surface area (Å²) in [6.45, 7) is 0. The van der Waals surface area contributed by atoms with Gasteiger partial charge in [-0.05, 0) is 19.7 Å². The predicted octanol–water partition coefficient (Wildman–Crippen LogP) is -2.10. The highest BCUT2D eigenvalue weighted by molar-refractivity contribution is 6.32. The number of nitro groups is 4. The zero-order valence-electron chi connectivity index (χ0n) is 10.7. The van der Waals surface area contributed by atoms with E-state index >= 15 is 0 Å². The SMILES string of the molecule is O=[N+]([O-])c1nc([N+](=O)[O-])n([BH2-]n2nc([N+](=O)[O-])nc2[N+](=O)[O-])n1. The van der Waals surface area contributed by atoms with Gasteiger partial charge in [0.2, 0.25) is 0 Å². The van der Waals surface area contributed by atoms with Gasteiger partial charge in [0.05, 0.1) is 0 Å². The lowest BCUT2D eigenvalue weighted by atomic mass is 10.2. The molecular weight excluding hydrogens is 327 g/mol. The van der Waals surface area contributed by atoms with Gasteiger partial charge in [0, 0.05) is 20.2 Å². The van der Waals surface area contributed by atoms with E-state index in [1.807, 2.05) is 0 Å². The van der Waals surface area contributed by atoms with Gasteiger partial charge in [-0.3, -0.25) is 0 Å². The Bertz CT molecular complexity index is 770. The standard InChI is InChI=1S/C4H2BN10O8/c16-12(17)1-6-3(14(20)21)10(8-1)5-11-4(15(22)23)7-2(9-11)13(18)19/h5H2/q-1. The second-order valence-corrected chi connectivity index (χ2v) is 3.90. The van der Waals surface area contributed by atoms with Gasteiger partial charge in [-0.2, -0.15) is 0 Å². The largest absolute Gasteiger partial charge is 0.504 e. The highest BCUT2D eigenvalue weighted by Crippen LogP contribution is 2.15. The van der Waals surface area contributed by atoms with Crippen molar-refractivity contribution in [2.75, 3.05) is 0 Å². The normalized spacial score (nSPS) is 10.4. The highest BCUT2D eigenvalue weighted by atomic mass is 16.6. The molecule has 0 radical (unpaired) electrons. The molecule has 0 unspecified atom stereocenters. The molecular formula is C4H2BN10O8-. The zero-order valence-corrected chi connectivity index (χ0v) is 10.7. The van der Waals surface area contributed by atoms with Gasteiger partial charge in [0.1, 0.15) is 0 Å². The van der Waals surface area contributed by atoms with Crippen molar-refractivity contribution in [2.24, 2.45) is 0 Å². The molecule has 0 saturated heterocycles. The van der Waals surface area contributed by atoms with Crippen LogP contribution in [-0.2, 0) is 0 Å². The fourth-order valence-corrected chi connectivity index (χ4v) is 1.65. The summed E-state index contributed by atoms with van der Waals surface area (Å²) in [7, 11) is -2.26. The van der Waals surface area contributed by atoms with Gasteiger partial charge in [-0.25, -0.2) is 9.19 Å². The molecule has 0 bridgehead atoms. The second-order valence-electron chi connectivity index (χ2n) is 3.90. The molecule has 0 aromatic carbocycles. The van der Waals surface area contributed by atoms with E-state index in [0.717, 1.165) is 0 Å². The highest BCUT2D eigenvalue weighted by Gasteiger charge is 2.31. The zero-order chi connectivity index (χ0) is 17.3. The summed E-state index contributed by atoms with van der Waals surface area (Å²) in [5.41, 5.74) is 0. The van der Waals surface area contributed by atoms with Crippen LogP contribution in [-0.4, -0.2) is 56.6 Å². The van der Waals surface area contributed by atoms with Crippen molar-refractivity contribution in [3.8, 4) is 0 Å². The molecule has 0 amide bonds. The summed E-state index contributed by atoms with van der Waals surface area (Å²) in [6, 6.07) is 0. The van der Waals surface area contributed by atoms with Gasteiger partial charge in [-0.1, -0.05) is 0 Å². The molecule has 18 nitrogen and oxygen atoms in total. The molecule has 0 aliphatic rings. The third-order valence-corrected chi connectivity index (χ3v) is 2.49. The van der Waals surface area contributed by atoms with E-state index in [-0.39, 0.29) is 0 Å². The van der Waals surface area contributed by atoms with Crippen LogP contribution in [0.25, 0.3) is 0 Å². The average molecular weight is 329 g/mol. The lowest BCUT2D eigenvalue weighted by Crippen LogP contribution is -2.22. The first kappa shape index (κ1) is 15.3. The van der Waals surface area contributed by atoms with Crippen LogP contribution in [0.4, 0.5) is 23.8 Å². The van der Waals surface area contributed by atoms with Gasteiger partial charge >= 0.3 is 31.3 Å². The Morgan fingerprint density at radius 2 is 1.04 bits per heavy atom. The van der Waals surface area contributed by atoms with Crippen molar-refractivity contribution in [1.29, 1.82) is 0 Å². The van der Waals surface area contributed by atoms with E-state index in [2.05, 4.69) is 20.2 Å². The fraction of sp³-hybridized carbons (Fsp3) is 0. The van der Waals surface area contributed by atoms with Crippen LogP contribution in [0.5, 0.6) is 0 Å². The van der Waals surface area contributed by atoms with Crippen molar-refractivity contribution in [3.05, 3.63) is 40.5 Å². The molecule has 2 heterocycles. The maximum atomic E-state index is 10.8. The minimum atomic E-state index is -2.26. The Kier molecular flexibility index (Phi) is 3.59. The smallest absolute Gasteiger partial charge is 0.390 e. The quantitative estimate of drug-likeness (QED) is 0.314. The molecule has 0 N–H and O–H groups in total. The van der Waals surface area contributed by atoms with Gasteiger partial charge in [0.15, 0.2) is 0 Å². The number of hydrogen-bond donors (Lipinski definition) is 0. The Morgan fingerprint density at radius 3 is 1.30 bits per heavy atom. The first-order valence-electron chi connectivity index (χ1n) is 5.44. The van der Waals surface area contributed by atoms with E-state index in [9.17, 15) is 40.5 Å². The maximum absolute atomic E-state index is 10.8. The second kappa shape index (κ2) is 5.38. The third kappa shape index (κ3) is 2.86. The molecule has 2 aromatic heterocycles. The Hall–Kier alpha value is -4.06. The van der Waals surface area contributed by atoms with Crippen LogP contribution in [0, 0.1) is 40.5 Å². The van der Waals surface area contributed by atoms with Crippen LogP contribution >= 0.6 is 0 Å². The van der Waals surface area contributed by atoms with Crippen molar-refractivity contribution in [2.45, 2.75) is 0 Å². The summed E-state index contributed by atoms with van der Waals surface area (Å²) in [5, 5.41) is 49.1. The van der Waals surface area contributed by atoms with Crippen LogP contribution in [0.1, 0.15) is 0 Å². The summed E-state index contributed by atoms with van der Waals surface area (Å²) in [6.07, 6.45) is 0. The summed E-state index contributed by atoms with van der Waals surface area (Å²) >= 11 is 0. The Labute approximate surface area is 122 Å². The minimum absolute atomic E-state index is 0.434. The van der Waals surface area contributed by atoms with E-state index < -0.39 is 51.0 Å². The molecule has 120 valence electrons. The van der Waals surface area contributed by atoms with Crippen molar-refractivity contribution in [1.82, 2.24) is 29.4 Å². The van der Waals surface area contributed by atoms with E-state index in [4.69, 9.17) is 0 Å². The Balaban J connectivity index is 2.50. The lowest BCUT2D eigenvalue weighted by molar-refractivity contribution is -0.403. The van der Waals surface area contributed by atoms with E-state index in [1.165, 1.54) is 0 Å². The topological polar surface area (TPSA) is 234 Å². The molecule has 0 aliphatic carbocycles. The number of hydrogen-bond acceptors (Lipinski definition) is 12. The summed E-state index contributed by atoms with van der Waals surface area (Å²) in [5.74, 6) is -4.30. The molecule has 0 atom stereocenters. The molecule has 0 saturated carbocycles. The summed E-state index contributed by atoms with van der Waals surface area (Å²) < 4.78 is 0.868. The Morgan fingerprint density at radius 1 is 0.696 bits per heavy atom. The number of nitrogens with zero attached hydrogens (tertiary/aromatic N) is 10. The molecule has 19 heteroatoms. The van der Waals surface area contributed by atoms with Crippen molar-refractivity contribution >= 4 is 31.3 Å².